The summed E-state index contributed by atoms with van der Waals surface area (Å²) in [7, 11) is 1.64. The van der Waals surface area contributed by atoms with Crippen molar-refractivity contribution in [3.05, 3.63) is 22.7 Å². The van der Waals surface area contributed by atoms with Crippen molar-refractivity contribution < 1.29 is 9.84 Å². The maximum Gasteiger partial charge on any atom is 0.133 e. The van der Waals surface area contributed by atoms with Crippen LogP contribution in [0.1, 0.15) is 13.8 Å². The second-order valence-electron chi connectivity index (χ2n) is 4.03. The first-order valence-electron chi connectivity index (χ1n) is 5.29. The highest BCUT2D eigenvalue weighted by atomic mass is 79.9. The molecule has 0 aliphatic rings. The van der Waals surface area contributed by atoms with Gasteiger partial charge in [0.2, 0.25) is 0 Å². The Balaban J connectivity index is 2.78. The summed E-state index contributed by atoms with van der Waals surface area (Å²) in [5, 5.41) is 12.5. The smallest absolute Gasteiger partial charge is 0.133 e. The Hall–Kier alpha value is -0.740. The molecule has 0 radical (unpaired) electrons. The molecule has 0 spiro atoms. The number of anilines is 1. The van der Waals surface area contributed by atoms with E-state index in [4.69, 9.17) is 4.74 Å². The van der Waals surface area contributed by atoms with E-state index in [0.717, 1.165) is 15.9 Å². The van der Waals surface area contributed by atoms with Crippen molar-refractivity contribution in [2.24, 2.45) is 5.92 Å². The molecule has 1 rings (SSSR count). The van der Waals surface area contributed by atoms with Crippen LogP contribution in [0.25, 0.3) is 0 Å². The summed E-state index contributed by atoms with van der Waals surface area (Å²) in [5.41, 5.74) is 0.973. The number of aliphatic hydroxyl groups excluding tert-OH is 1. The lowest BCUT2D eigenvalue weighted by Crippen LogP contribution is -2.29. The standard InChI is InChI=1S/C12H18BrNO2/c1-8(2)11(7-15)14-9-4-5-12(16-3)10(13)6-9/h4-6,8,11,14-15H,7H2,1-3H3. The number of hydrogen-bond donors (Lipinski definition) is 2. The van der Waals surface area contributed by atoms with Gasteiger partial charge in [-0.2, -0.15) is 0 Å². The van der Waals surface area contributed by atoms with Crippen molar-refractivity contribution in [1.29, 1.82) is 0 Å². The van der Waals surface area contributed by atoms with Gasteiger partial charge in [0.05, 0.1) is 24.2 Å². The highest BCUT2D eigenvalue weighted by Gasteiger charge is 2.12. The van der Waals surface area contributed by atoms with Crippen LogP contribution >= 0.6 is 15.9 Å². The van der Waals surface area contributed by atoms with Crippen LogP contribution in [0.3, 0.4) is 0 Å². The molecule has 0 aliphatic carbocycles. The zero-order valence-corrected chi connectivity index (χ0v) is 11.4. The number of halogens is 1. The molecule has 1 unspecified atom stereocenters. The maximum atomic E-state index is 9.23. The average Bonchev–Trinajstić information content (AvgIpc) is 2.25. The third-order valence-electron chi connectivity index (χ3n) is 2.51. The quantitative estimate of drug-likeness (QED) is 0.875. The molecule has 0 aliphatic heterocycles. The number of rotatable bonds is 5. The molecule has 1 aromatic rings. The van der Waals surface area contributed by atoms with Crippen molar-refractivity contribution in [2.45, 2.75) is 19.9 Å². The second kappa shape index (κ2) is 6.11. The molecule has 0 heterocycles. The molecule has 1 atom stereocenters. The van der Waals surface area contributed by atoms with E-state index in [1.54, 1.807) is 7.11 Å². The Labute approximate surface area is 105 Å². The number of aliphatic hydroxyl groups is 1. The third kappa shape index (κ3) is 3.39. The van der Waals surface area contributed by atoms with Gasteiger partial charge in [-0.15, -0.1) is 0 Å². The lowest BCUT2D eigenvalue weighted by Gasteiger charge is -2.21. The molecule has 90 valence electrons. The summed E-state index contributed by atoms with van der Waals surface area (Å²) in [4.78, 5) is 0. The molecule has 16 heavy (non-hydrogen) atoms. The Morgan fingerprint density at radius 2 is 2.12 bits per heavy atom. The Bertz CT molecular complexity index is 342. The van der Waals surface area contributed by atoms with Gasteiger partial charge >= 0.3 is 0 Å². The lowest BCUT2D eigenvalue weighted by molar-refractivity contribution is 0.249. The van der Waals surface area contributed by atoms with Crippen LogP contribution in [-0.4, -0.2) is 24.9 Å². The minimum atomic E-state index is 0.0697. The van der Waals surface area contributed by atoms with Gasteiger partial charge in [0.15, 0.2) is 0 Å². The van der Waals surface area contributed by atoms with Crippen LogP contribution < -0.4 is 10.1 Å². The number of nitrogens with one attached hydrogen (secondary N) is 1. The fourth-order valence-electron chi connectivity index (χ4n) is 1.39. The topological polar surface area (TPSA) is 41.5 Å². The number of ether oxygens (including phenoxy) is 1. The highest BCUT2D eigenvalue weighted by Crippen LogP contribution is 2.28. The number of hydrogen-bond acceptors (Lipinski definition) is 3. The fourth-order valence-corrected chi connectivity index (χ4v) is 1.93. The van der Waals surface area contributed by atoms with E-state index in [9.17, 15) is 5.11 Å². The van der Waals surface area contributed by atoms with Crippen molar-refractivity contribution in [3.8, 4) is 5.75 Å². The van der Waals surface area contributed by atoms with Gasteiger partial charge < -0.3 is 15.2 Å². The minimum absolute atomic E-state index is 0.0697. The molecule has 0 fully saturated rings. The molecule has 0 saturated heterocycles. The van der Waals surface area contributed by atoms with E-state index >= 15 is 0 Å². The third-order valence-corrected chi connectivity index (χ3v) is 3.12. The van der Waals surface area contributed by atoms with E-state index in [1.165, 1.54) is 0 Å². The SMILES string of the molecule is COc1ccc(NC(CO)C(C)C)cc1Br. The largest absolute Gasteiger partial charge is 0.496 e. The normalized spacial score (nSPS) is 12.6. The van der Waals surface area contributed by atoms with Crippen molar-refractivity contribution in [2.75, 3.05) is 19.0 Å². The van der Waals surface area contributed by atoms with Gasteiger partial charge in [-0.25, -0.2) is 0 Å². The molecular weight excluding hydrogens is 270 g/mol. The van der Waals surface area contributed by atoms with Crippen LogP contribution in [0, 0.1) is 5.92 Å². The lowest BCUT2D eigenvalue weighted by atomic mass is 10.1. The molecule has 2 N–H and O–H groups in total. The predicted molar refractivity (Wildman–Crippen MR) is 70.0 cm³/mol. The second-order valence-corrected chi connectivity index (χ2v) is 4.88. The van der Waals surface area contributed by atoms with Crippen molar-refractivity contribution in [3.63, 3.8) is 0 Å². The molecule has 0 aromatic heterocycles. The maximum absolute atomic E-state index is 9.23. The highest BCUT2D eigenvalue weighted by molar-refractivity contribution is 9.10. The summed E-state index contributed by atoms with van der Waals surface area (Å²) < 4.78 is 6.06. The Morgan fingerprint density at radius 1 is 1.44 bits per heavy atom. The van der Waals surface area contributed by atoms with Crippen LogP contribution in [-0.2, 0) is 0 Å². The summed E-state index contributed by atoms with van der Waals surface area (Å²) >= 11 is 3.43. The van der Waals surface area contributed by atoms with E-state index in [0.29, 0.717) is 5.92 Å². The molecule has 4 heteroatoms. The molecular formula is C12H18BrNO2. The molecule has 0 bridgehead atoms. The number of methoxy groups -OCH3 is 1. The summed E-state index contributed by atoms with van der Waals surface area (Å²) in [6.45, 7) is 4.28. The van der Waals surface area contributed by atoms with Crippen LogP contribution in [0.2, 0.25) is 0 Å². The molecule has 0 amide bonds. The Kier molecular flexibility index (Phi) is 5.09. The average molecular weight is 288 g/mol. The first-order valence-corrected chi connectivity index (χ1v) is 6.08. The van der Waals surface area contributed by atoms with Crippen LogP contribution in [0.5, 0.6) is 5.75 Å². The van der Waals surface area contributed by atoms with Gasteiger partial charge in [-0.3, -0.25) is 0 Å². The van der Waals surface area contributed by atoms with Gasteiger partial charge in [0.25, 0.3) is 0 Å². The van der Waals surface area contributed by atoms with Gasteiger partial charge in [-0.1, -0.05) is 13.8 Å². The fraction of sp³-hybridized carbons (Fsp3) is 0.500. The Morgan fingerprint density at radius 3 is 2.56 bits per heavy atom. The van der Waals surface area contributed by atoms with E-state index in [-0.39, 0.29) is 12.6 Å². The van der Waals surface area contributed by atoms with Gasteiger partial charge in [0, 0.05) is 5.69 Å². The molecule has 0 saturated carbocycles. The van der Waals surface area contributed by atoms with E-state index in [2.05, 4.69) is 35.1 Å². The summed E-state index contributed by atoms with van der Waals surface area (Å²) in [6, 6.07) is 5.85. The monoisotopic (exact) mass is 287 g/mol. The van der Waals surface area contributed by atoms with Crippen LogP contribution in [0.4, 0.5) is 5.69 Å². The first kappa shape index (κ1) is 13.3. The van der Waals surface area contributed by atoms with E-state index in [1.807, 2.05) is 18.2 Å². The van der Waals surface area contributed by atoms with Gasteiger partial charge in [0.1, 0.15) is 5.75 Å². The molecule has 1 aromatic carbocycles. The van der Waals surface area contributed by atoms with Crippen molar-refractivity contribution in [1.82, 2.24) is 0 Å². The van der Waals surface area contributed by atoms with Crippen molar-refractivity contribution >= 4 is 21.6 Å². The zero-order chi connectivity index (χ0) is 12.1. The zero-order valence-electron chi connectivity index (χ0n) is 9.83. The molecule has 3 nitrogen and oxygen atoms in total. The summed E-state index contributed by atoms with van der Waals surface area (Å²) in [5.74, 6) is 1.18. The first-order chi connectivity index (χ1) is 7.58. The summed E-state index contributed by atoms with van der Waals surface area (Å²) in [6.07, 6.45) is 0. The van der Waals surface area contributed by atoms with E-state index < -0.39 is 0 Å². The van der Waals surface area contributed by atoms with Crippen LogP contribution in [0.15, 0.2) is 22.7 Å². The predicted octanol–water partition coefficient (Wildman–Crippen LogP) is 2.89. The number of benzene rings is 1. The minimum Gasteiger partial charge on any atom is -0.496 e. The van der Waals surface area contributed by atoms with Gasteiger partial charge in [-0.05, 0) is 40.0 Å².